The average molecular weight is 454 g/mol. The van der Waals surface area contributed by atoms with Gasteiger partial charge in [-0.25, -0.2) is 0 Å². The summed E-state index contributed by atoms with van der Waals surface area (Å²) in [5.41, 5.74) is 2.40. The molecule has 33 heavy (non-hydrogen) atoms. The molecule has 0 saturated heterocycles. The number of hydrogen-bond donors (Lipinski definition) is 2. The summed E-state index contributed by atoms with van der Waals surface area (Å²) < 4.78 is 5.66. The number of aliphatic hydroxyl groups is 1. The molecule has 5 heteroatoms. The summed E-state index contributed by atoms with van der Waals surface area (Å²) in [5, 5.41) is 13.4. The number of aliphatic hydroxyl groups excluding tert-OH is 1. The molecule has 2 N–H and O–H groups in total. The lowest BCUT2D eigenvalue weighted by atomic mass is 9.90. The fourth-order valence-electron chi connectivity index (χ4n) is 5.16. The maximum absolute atomic E-state index is 12.6. The van der Waals surface area contributed by atoms with Crippen molar-refractivity contribution in [3.63, 3.8) is 0 Å². The molecule has 0 aromatic heterocycles. The number of benzene rings is 1. The third-order valence-corrected chi connectivity index (χ3v) is 7.52. The van der Waals surface area contributed by atoms with Gasteiger partial charge < -0.3 is 15.2 Å². The average Bonchev–Trinajstić information content (AvgIpc) is 3.73. The minimum atomic E-state index is -0.501. The van der Waals surface area contributed by atoms with Gasteiger partial charge in [-0.3, -0.25) is 9.59 Å². The standard InChI is InChI=1S/C28H39NO4/c1-19(10-13-23(30)18-33-24-7-3-2-4-8-24)25-14-15-27(31)26(25)17-21-16-20(21)6-5-9-28(32)29-22-11-12-22/h2-4,7-8,19-23,30H,5-6,9-18H2,1H3,(H,29,32). The fourth-order valence-corrected chi connectivity index (χ4v) is 5.16. The third-order valence-electron chi connectivity index (χ3n) is 7.52. The highest BCUT2D eigenvalue weighted by atomic mass is 16.5. The van der Waals surface area contributed by atoms with Crippen LogP contribution in [0.25, 0.3) is 0 Å². The Hall–Kier alpha value is -2.14. The summed E-state index contributed by atoms with van der Waals surface area (Å²) in [6, 6.07) is 10.0. The summed E-state index contributed by atoms with van der Waals surface area (Å²) in [4.78, 5) is 24.4. The zero-order valence-corrected chi connectivity index (χ0v) is 19.9. The first kappa shape index (κ1) is 24.0. The van der Waals surface area contributed by atoms with Crippen molar-refractivity contribution in [1.82, 2.24) is 5.32 Å². The van der Waals surface area contributed by atoms with Gasteiger partial charge in [0.25, 0.3) is 0 Å². The summed E-state index contributed by atoms with van der Waals surface area (Å²) in [6.07, 6.45) is 9.65. The van der Waals surface area contributed by atoms with Gasteiger partial charge in [-0.15, -0.1) is 0 Å². The van der Waals surface area contributed by atoms with Gasteiger partial charge in [0, 0.05) is 18.9 Å². The van der Waals surface area contributed by atoms with Gasteiger partial charge in [-0.2, -0.15) is 0 Å². The Labute approximate surface area is 198 Å². The van der Waals surface area contributed by atoms with Crippen LogP contribution >= 0.6 is 0 Å². The second kappa shape index (κ2) is 11.3. The molecule has 1 amide bonds. The SMILES string of the molecule is CC(CCC(O)COc1ccccc1)C1=C(CC2CC2CCCC(=O)NC2CC2)C(=O)CC1. The number of Topliss-reactive ketones (excluding diaryl/α,β-unsaturated/α-hetero) is 1. The molecule has 3 aliphatic rings. The number of ether oxygens (including phenoxy) is 1. The molecule has 0 aliphatic heterocycles. The predicted octanol–water partition coefficient (Wildman–Crippen LogP) is 4.98. The second-order valence-electron chi connectivity index (χ2n) is 10.4. The Bertz CT molecular complexity index is 845. The summed E-state index contributed by atoms with van der Waals surface area (Å²) >= 11 is 0. The van der Waals surface area contributed by atoms with E-state index in [4.69, 9.17) is 4.74 Å². The molecule has 0 spiro atoms. The van der Waals surface area contributed by atoms with E-state index in [1.807, 2.05) is 30.3 Å². The minimum Gasteiger partial charge on any atom is -0.491 e. The Kier molecular flexibility index (Phi) is 8.24. The fraction of sp³-hybridized carbons (Fsp3) is 0.643. The molecular formula is C28H39NO4. The maximum atomic E-state index is 12.6. The molecule has 0 radical (unpaired) electrons. The maximum Gasteiger partial charge on any atom is 0.220 e. The van der Waals surface area contributed by atoms with Crippen LogP contribution in [-0.4, -0.2) is 35.5 Å². The van der Waals surface area contributed by atoms with Crippen LogP contribution in [0.2, 0.25) is 0 Å². The first-order chi connectivity index (χ1) is 16.0. The lowest BCUT2D eigenvalue weighted by Crippen LogP contribution is -2.24. The van der Waals surface area contributed by atoms with Crippen molar-refractivity contribution in [2.45, 2.75) is 89.7 Å². The van der Waals surface area contributed by atoms with Crippen molar-refractivity contribution in [3.05, 3.63) is 41.5 Å². The first-order valence-corrected chi connectivity index (χ1v) is 12.9. The van der Waals surface area contributed by atoms with E-state index in [0.717, 1.165) is 56.3 Å². The van der Waals surface area contributed by atoms with Gasteiger partial charge in [0.15, 0.2) is 5.78 Å². The largest absolute Gasteiger partial charge is 0.491 e. The molecule has 0 heterocycles. The number of hydrogen-bond acceptors (Lipinski definition) is 4. The van der Waals surface area contributed by atoms with E-state index in [9.17, 15) is 14.7 Å². The van der Waals surface area contributed by atoms with Gasteiger partial charge in [-0.1, -0.05) is 30.7 Å². The van der Waals surface area contributed by atoms with Crippen molar-refractivity contribution in [3.8, 4) is 5.75 Å². The molecule has 0 bridgehead atoms. The van der Waals surface area contributed by atoms with Gasteiger partial charge in [0.05, 0.1) is 6.10 Å². The Morgan fingerprint density at radius 2 is 1.94 bits per heavy atom. The molecule has 3 aliphatic carbocycles. The number of carbonyl (C=O) groups excluding carboxylic acids is 2. The van der Waals surface area contributed by atoms with Crippen LogP contribution in [0, 0.1) is 17.8 Å². The summed E-state index contributed by atoms with van der Waals surface area (Å²) in [5.74, 6) is 2.92. The zero-order valence-electron chi connectivity index (χ0n) is 19.9. The number of para-hydroxylation sites is 1. The highest BCUT2D eigenvalue weighted by Crippen LogP contribution is 2.48. The van der Waals surface area contributed by atoms with Crippen molar-refractivity contribution in [2.24, 2.45) is 17.8 Å². The molecule has 1 aromatic rings. The van der Waals surface area contributed by atoms with Gasteiger partial charge in [0.1, 0.15) is 12.4 Å². The van der Waals surface area contributed by atoms with Crippen LogP contribution in [0.3, 0.4) is 0 Å². The van der Waals surface area contributed by atoms with Crippen molar-refractivity contribution < 1.29 is 19.4 Å². The smallest absolute Gasteiger partial charge is 0.220 e. The Morgan fingerprint density at radius 1 is 1.15 bits per heavy atom. The van der Waals surface area contributed by atoms with E-state index in [1.165, 1.54) is 12.0 Å². The van der Waals surface area contributed by atoms with Crippen LogP contribution in [0.4, 0.5) is 0 Å². The Morgan fingerprint density at radius 3 is 2.70 bits per heavy atom. The molecule has 4 unspecified atom stereocenters. The van der Waals surface area contributed by atoms with Crippen molar-refractivity contribution in [1.29, 1.82) is 0 Å². The number of allylic oxidation sites excluding steroid dienone is 2. The number of carbonyl (C=O) groups is 2. The van der Waals surface area contributed by atoms with E-state index in [-0.39, 0.29) is 5.91 Å². The van der Waals surface area contributed by atoms with E-state index in [1.54, 1.807) is 0 Å². The van der Waals surface area contributed by atoms with Crippen molar-refractivity contribution >= 4 is 11.7 Å². The predicted molar refractivity (Wildman–Crippen MR) is 129 cm³/mol. The number of rotatable bonds is 14. The summed E-state index contributed by atoms with van der Waals surface area (Å²) in [7, 11) is 0. The molecule has 2 fully saturated rings. The van der Waals surface area contributed by atoms with Crippen LogP contribution < -0.4 is 10.1 Å². The molecule has 1 aromatic carbocycles. The number of ketones is 1. The molecule has 2 saturated carbocycles. The molecule has 4 atom stereocenters. The molecular weight excluding hydrogens is 414 g/mol. The minimum absolute atomic E-state index is 0.204. The topological polar surface area (TPSA) is 75.6 Å². The van der Waals surface area contributed by atoms with Gasteiger partial charge in [-0.05, 0) is 93.2 Å². The van der Waals surface area contributed by atoms with Crippen LogP contribution in [0.15, 0.2) is 41.5 Å². The Balaban J connectivity index is 1.17. The molecule has 5 nitrogen and oxygen atoms in total. The lowest BCUT2D eigenvalue weighted by Gasteiger charge is -2.18. The summed E-state index contributed by atoms with van der Waals surface area (Å²) in [6.45, 7) is 2.49. The van der Waals surface area contributed by atoms with E-state index in [0.29, 0.717) is 55.4 Å². The van der Waals surface area contributed by atoms with E-state index >= 15 is 0 Å². The third kappa shape index (κ3) is 7.43. The quantitative estimate of drug-likeness (QED) is 0.417. The van der Waals surface area contributed by atoms with Gasteiger partial charge in [0.2, 0.25) is 5.91 Å². The monoisotopic (exact) mass is 453 g/mol. The first-order valence-electron chi connectivity index (χ1n) is 12.9. The highest BCUT2D eigenvalue weighted by molar-refractivity contribution is 5.98. The second-order valence-corrected chi connectivity index (χ2v) is 10.4. The molecule has 180 valence electrons. The van der Waals surface area contributed by atoms with E-state index in [2.05, 4.69) is 12.2 Å². The molecule has 4 rings (SSSR count). The van der Waals surface area contributed by atoms with Gasteiger partial charge >= 0.3 is 0 Å². The number of amides is 1. The number of nitrogens with one attached hydrogen (secondary N) is 1. The van der Waals surface area contributed by atoms with Crippen LogP contribution in [-0.2, 0) is 9.59 Å². The normalized spacial score (nSPS) is 24.0. The van der Waals surface area contributed by atoms with Crippen LogP contribution in [0.5, 0.6) is 5.75 Å². The lowest BCUT2D eigenvalue weighted by molar-refractivity contribution is -0.121. The van der Waals surface area contributed by atoms with E-state index < -0.39 is 6.10 Å². The zero-order chi connectivity index (χ0) is 23.2. The highest BCUT2D eigenvalue weighted by Gasteiger charge is 2.39. The van der Waals surface area contributed by atoms with Crippen LogP contribution in [0.1, 0.15) is 77.6 Å². The van der Waals surface area contributed by atoms with Crippen molar-refractivity contribution in [2.75, 3.05) is 6.61 Å².